The summed E-state index contributed by atoms with van der Waals surface area (Å²) in [7, 11) is -2.83. The molecule has 0 aromatic heterocycles. The second kappa shape index (κ2) is 14.4. The number of rotatable bonds is 13. The Balaban J connectivity index is 1.72. The van der Waals surface area contributed by atoms with Gasteiger partial charge >= 0.3 is 0 Å². The molecule has 44 heavy (non-hydrogen) atoms. The van der Waals surface area contributed by atoms with Crippen LogP contribution in [0.5, 0.6) is 17.2 Å². The molecule has 0 aliphatic carbocycles. The Bertz CT molecular complexity index is 1550. The van der Waals surface area contributed by atoms with Gasteiger partial charge in [0.05, 0.1) is 17.7 Å². The molecule has 2 amide bonds. The summed E-state index contributed by atoms with van der Waals surface area (Å²) < 4.78 is 59.4. The molecule has 0 saturated carbocycles. The van der Waals surface area contributed by atoms with Crippen molar-refractivity contribution in [1.82, 2.24) is 10.2 Å². The molecule has 10 nitrogen and oxygen atoms in total. The Kier molecular flexibility index (Phi) is 10.7. The van der Waals surface area contributed by atoms with Gasteiger partial charge in [-0.3, -0.25) is 13.9 Å². The van der Waals surface area contributed by atoms with Gasteiger partial charge in [0, 0.05) is 19.2 Å². The summed E-state index contributed by atoms with van der Waals surface area (Å²) in [5.41, 5.74) is 0.800. The molecule has 1 aliphatic heterocycles. The molecule has 0 saturated heterocycles. The van der Waals surface area contributed by atoms with Crippen LogP contribution in [0.1, 0.15) is 32.8 Å². The molecule has 12 heteroatoms. The Morgan fingerprint density at radius 2 is 1.64 bits per heavy atom. The minimum absolute atomic E-state index is 0.0394. The van der Waals surface area contributed by atoms with E-state index in [1.807, 2.05) is 13.8 Å². The van der Waals surface area contributed by atoms with Crippen molar-refractivity contribution in [3.05, 3.63) is 78.1 Å². The topological polar surface area (TPSA) is 114 Å². The zero-order chi connectivity index (χ0) is 31.9. The summed E-state index contributed by atoms with van der Waals surface area (Å²) in [6.45, 7) is 6.12. The molecule has 0 spiro atoms. The van der Waals surface area contributed by atoms with Crippen molar-refractivity contribution in [3.63, 3.8) is 0 Å². The van der Waals surface area contributed by atoms with Crippen LogP contribution in [0.15, 0.2) is 71.6 Å². The first-order valence-electron chi connectivity index (χ1n) is 14.4. The minimum Gasteiger partial charge on any atom is -0.497 e. The van der Waals surface area contributed by atoms with Crippen LogP contribution in [0, 0.1) is 11.7 Å². The Morgan fingerprint density at radius 3 is 2.25 bits per heavy atom. The number of carbonyl (C=O) groups excluding carboxylic acids is 2. The van der Waals surface area contributed by atoms with E-state index in [1.54, 1.807) is 38.3 Å². The van der Waals surface area contributed by atoms with Crippen molar-refractivity contribution in [3.8, 4) is 17.2 Å². The number of carbonyl (C=O) groups is 2. The molecular formula is C32H38FN3O7S. The van der Waals surface area contributed by atoms with Gasteiger partial charge in [-0.25, -0.2) is 12.8 Å². The van der Waals surface area contributed by atoms with Gasteiger partial charge in [0.25, 0.3) is 10.0 Å². The van der Waals surface area contributed by atoms with Crippen LogP contribution < -0.4 is 23.8 Å². The van der Waals surface area contributed by atoms with Crippen LogP contribution in [-0.2, 0) is 26.2 Å². The molecule has 0 fully saturated rings. The number of nitrogens with one attached hydrogen (secondary N) is 1. The number of hydrogen-bond acceptors (Lipinski definition) is 7. The lowest BCUT2D eigenvalue weighted by molar-refractivity contribution is -0.140. The van der Waals surface area contributed by atoms with Gasteiger partial charge in [-0.1, -0.05) is 32.9 Å². The van der Waals surface area contributed by atoms with Gasteiger partial charge in [-0.05, 0) is 66.4 Å². The minimum atomic E-state index is -4.37. The molecule has 3 aromatic carbocycles. The number of ether oxygens (including phenoxy) is 3. The first-order chi connectivity index (χ1) is 21.0. The Hall–Kier alpha value is -4.32. The number of halogens is 1. The van der Waals surface area contributed by atoms with Gasteiger partial charge < -0.3 is 24.4 Å². The van der Waals surface area contributed by atoms with Crippen molar-refractivity contribution >= 4 is 27.5 Å². The Morgan fingerprint density at radius 1 is 0.977 bits per heavy atom. The van der Waals surface area contributed by atoms with Gasteiger partial charge in [-0.15, -0.1) is 0 Å². The fraction of sp³-hybridized carbons (Fsp3) is 0.375. The molecule has 0 bridgehead atoms. The van der Waals surface area contributed by atoms with Crippen LogP contribution >= 0.6 is 0 Å². The molecule has 4 rings (SSSR count). The van der Waals surface area contributed by atoms with Crippen molar-refractivity contribution < 1.29 is 36.6 Å². The number of anilines is 1. The summed E-state index contributed by atoms with van der Waals surface area (Å²) >= 11 is 0. The highest BCUT2D eigenvalue weighted by Crippen LogP contribution is 2.34. The van der Waals surface area contributed by atoms with E-state index < -0.39 is 34.3 Å². The zero-order valence-electron chi connectivity index (χ0n) is 25.3. The second-order valence-corrected chi connectivity index (χ2v) is 12.6. The van der Waals surface area contributed by atoms with Crippen LogP contribution in [-0.4, -0.2) is 64.6 Å². The number of nitrogens with zero attached hydrogens (tertiary/aromatic N) is 2. The maximum atomic E-state index is 14.2. The van der Waals surface area contributed by atoms with Crippen LogP contribution in [0.2, 0.25) is 0 Å². The average Bonchev–Trinajstić information content (AvgIpc) is 3.02. The largest absolute Gasteiger partial charge is 0.497 e. The van der Waals surface area contributed by atoms with Gasteiger partial charge in [0.1, 0.15) is 37.4 Å². The van der Waals surface area contributed by atoms with Crippen LogP contribution in [0.4, 0.5) is 10.1 Å². The molecule has 0 radical (unpaired) electrons. The molecular weight excluding hydrogens is 589 g/mol. The normalized spacial score (nSPS) is 13.2. The summed E-state index contributed by atoms with van der Waals surface area (Å²) in [6, 6.07) is 15.2. The highest BCUT2D eigenvalue weighted by Gasteiger charge is 2.34. The molecule has 1 aliphatic rings. The number of hydrogen-bond donors (Lipinski definition) is 1. The van der Waals surface area contributed by atoms with Crippen molar-refractivity contribution in [2.24, 2.45) is 5.92 Å². The van der Waals surface area contributed by atoms with Crippen molar-refractivity contribution in [2.75, 3.05) is 37.7 Å². The molecule has 1 unspecified atom stereocenters. The first kappa shape index (κ1) is 32.6. The predicted molar refractivity (Wildman–Crippen MR) is 164 cm³/mol. The van der Waals surface area contributed by atoms with Crippen molar-refractivity contribution in [1.29, 1.82) is 0 Å². The summed E-state index contributed by atoms with van der Waals surface area (Å²) in [5, 5.41) is 2.90. The fourth-order valence-electron chi connectivity index (χ4n) is 4.72. The number of benzene rings is 3. The van der Waals surface area contributed by atoms with E-state index in [0.717, 1.165) is 22.0 Å². The molecule has 1 heterocycles. The second-order valence-electron chi connectivity index (χ2n) is 10.7. The van der Waals surface area contributed by atoms with E-state index in [1.165, 1.54) is 35.2 Å². The molecule has 3 aromatic rings. The predicted octanol–water partition coefficient (Wildman–Crippen LogP) is 4.38. The van der Waals surface area contributed by atoms with Crippen molar-refractivity contribution in [2.45, 2.75) is 44.7 Å². The average molecular weight is 628 g/mol. The summed E-state index contributed by atoms with van der Waals surface area (Å²) in [6.07, 6.45) is 0.289. The van der Waals surface area contributed by atoms with E-state index in [0.29, 0.717) is 24.7 Å². The van der Waals surface area contributed by atoms with Gasteiger partial charge in [0.15, 0.2) is 11.5 Å². The number of sulfonamides is 1. The third-order valence-corrected chi connectivity index (χ3v) is 8.85. The highest BCUT2D eigenvalue weighted by atomic mass is 32.2. The van der Waals surface area contributed by atoms with Gasteiger partial charge in [0.2, 0.25) is 11.8 Å². The number of fused-ring (bicyclic) bond motifs is 1. The third-order valence-electron chi connectivity index (χ3n) is 7.08. The third kappa shape index (κ3) is 7.79. The number of amides is 2. The van der Waals surface area contributed by atoms with Crippen LogP contribution in [0.25, 0.3) is 0 Å². The Labute approximate surface area is 257 Å². The lowest BCUT2D eigenvalue weighted by Gasteiger charge is -2.33. The van der Waals surface area contributed by atoms with E-state index in [-0.39, 0.29) is 47.7 Å². The first-order valence-corrected chi connectivity index (χ1v) is 15.9. The van der Waals surface area contributed by atoms with E-state index in [2.05, 4.69) is 5.32 Å². The summed E-state index contributed by atoms with van der Waals surface area (Å²) in [5.74, 6) is -0.0384. The number of methoxy groups -OCH3 is 1. The standard InChI is InChI=1S/C32H38FN3O7S/c1-5-28(32(38)34-19-22(2)3)35(20-23-6-12-26(41-4)13-7-23)31(37)21-36(25-10-8-24(33)9-11-25)44(39,40)27-14-15-29-30(18-27)43-17-16-42-29/h6-15,18,22,28H,5,16-17,19-21H2,1-4H3,(H,34,38). The smallest absolute Gasteiger partial charge is 0.264 e. The monoisotopic (exact) mass is 627 g/mol. The quantitative estimate of drug-likeness (QED) is 0.299. The molecule has 1 N–H and O–H groups in total. The maximum Gasteiger partial charge on any atom is 0.264 e. The lowest BCUT2D eigenvalue weighted by atomic mass is 10.1. The maximum absolute atomic E-state index is 14.2. The van der Waals surface area contributed by atoms with Crippen LogP contribution in [0.3, 0.4) is 0 Å². The van der Waals surface area contributed by atoms with E-state index >= 15 is 0 Å². The zero-order valence-corrected chi connectivity index (χ0v) is 26.1. The van der Waals surface area contributed by atoms with Gasteiger partial charge in [-0.2, -0.15) is 0 Å². The van der Waals surface area contributed by atoms with E-state index in [4.69, 9.17) is 14.2 Å². The lowest BCUT2D eigenvalue weighted by Crippen LogP contribution is -2.52. The highest BCUT2D eigenvalue weighted by molar-refractivity contribution is 7.92. The van der Waals surface area contributed by atoms with E-state index in [9.17, 15) is 22.4 Å². The molecule has 1 atom stereocenters. The summed E-state index contributed by atoms with van der Waals surface area (Å²) in [4.78, 5) is 28.8. The fourth-order valence-corrected chi connectivity index (χ4v) is 6.15. The SMILES string of the molecule is CCC(C(=O)NCC(C)C)N(Cc1ccc(OC)cc1)C(=O)CN(c1ccc(F)cc1)S(=O)(=O)c1ccc2c(c1)OCCO2. The molecule has 236 valence electrons.